The smallest absolute Gasteiger partial charge is 0.0579 e. The summed E-state index contributed by atoms with van der Waals surface area (Å²) in [7, 11) is 0. The summed E-state index contributed by atoms with van der Waals surface area (Å²) in [6.45, 7) is 6.67. The van der Waals surface area contributed by atoms with Crippen LogP contribution in [0.5, 0.6) is 0 Å². The van der Waals surface area contributed by atoms with Crippen molar-refractivity contribution < 1.29 is 9.84 Å². The predicted molar refractivity (Wildman–Crippen MR) is 79.6 cm³/mol. The van der Waals surface area contributed by atoms with Crippen LogP contribution < -0.4 is 5.32 Å². The number of ether oxygens (including phenoxy) is 1. The van der Waals surface area contributed by atoms with Crippen LogP contribution in [0.25, 0.3) is 0 Å². The molecule has 0 radical (unpaired) electrons. The zero-order valence-electron chi connectivity index (χ0n) is 11.7. The monoisotopic (exact) mass is 281 g/mol. The zero-order chi connectivity index (χ0) is 13.7. The summed E-state index contributed by atoms with van der Waals surface area (Å²) in [6, 6.07) is 8.82. The van der Waals surface area contributed by atoms with Crippen molar-refractivity contribution in [3.63, 3.8) is 0 Å². The van der Waals surface area contributed by atoms with E-state index in [1.165, 1.54) is 10.5 Å². The summed E-state index contributed by atoms with van der Waals surface area (Å²) in [4.78, 5) is 1.34. The van der Waals surface area contributed by atoms with E-state index in [-0.39, 0.29) is 12.0 Å². The lowest BCUT2D eigenvalue weighted by Gasteiger charge is -2.40. The summed E-state index contributed by atoms with van der Waals surface area (Å²) < 4.78 is 5.23. The van der Waals surface area contributed by atoms with Gasteiger partial charge in [-0.1, -0.05) is 25.1 Å². The van der Waals surface area contributed by atoms with Gasteiger partial charge in [0.05, 0.1) is 25.2 Å². The number of aliphatic hydroxyl groups excluding tert-OH is 1. The summed E-state index contributed by atoms with van der Waals surface area (Å²) >= 11 is 1.88. The van der Waals surface area contributed by atoms with Gasteiger partial charge in [0.2, 0.25) is 0 Å². The first kappa shape index (κ1) is 14.9. The van der Waals surface area contributed by atoms with Gasteiger partial charge in [0.25, 0.3) is 0 Å². The molecule has 0 aromatic heterocycles. The lowest BCUT2D eigenvalue weighted by atomic mass is 9.86. The lowest BCUT2D eigenvalue weighted by molar-refractivity contribution is -0.135. The molecule has 0 amide bonds. The van der Waals surface area contributed by atoms with Gasteiger partial charge in [-0.2, -0.15) is 0 Å². The Hall–Kier alpha value is -0.550. The second-order valence-corrected chi connectivity index (χ2v) is 6.53. The molecule has 1 atom stereocenters. The Morgan fingerprint density at radius 1 is 1.42 bits per heavy atom. The molecule has 1 unspecified atom stereocenters. The third-order valence-corrected chi connectivity index (χ3v) is 4.59. The number of hydrogen-bond acceptors (Lipinski definition) is 4. The van der Waals surface area contributed by atoms with E-state index in [1.54, 1.807) is 0 Å². The highest BCUT2D eigenvalue weighted by molar-refractivity contribution is 7.99. The molecule has 3 nitrogen and oxygen atoms in total. The zero-order valence-corrected chi connectivity index (χ0v) is 12.5. The number of thioether (sulfide) groups is 1. The quantitative estimate of drug-likeness (QED) is 0.753. The van der Waals surface area contributed by atoms with E-state index in [1.807, 2.05) is 11.8 Å². The van der Waals surface area contributed by atoms with Crippen molar-refractivity contribution in [3.05, 3.63) is 29.8 Å². The maximum absolute atomic E-state index is 9.43. The van der Waals surface area contributed by atoms with Crippen LogP contribution in [0, 0.1) is 5.41 Å². The van der Waals surface area contributed by atoms with Crippen LogP contribution in [0.1, 0.15) is 25.5 Å². The third kappa shape index (κ3) is 3.51. The fourth-order valence-electron chi connectivity index (χ4n) is 2.24. The van der Waals surface area contributed by atoms with Gasteiger partial charge in [-0.3, -0.25) is 0 Å². The lowest BCUT2D eigenvalue weighted by Crippen LogP contribution is -2.52. The van der Waals surface area contributed by atoms with Gasteiger partial charge in [0.1, 0.15) is 0 Å². The van der Waals surface area contributed by atoms with Crippen molar-refractivity contribution in [1.82, 2.24) is 5.32 Å². The molecule has 0 spiro atoms. The first-order valence-electron chi connectivity index (χ1n) is 6.84. The molecule has 2 rings (SSSR count). The Kier molecular flexibility index (Phi) is 5.28. The molecule has 1 saturated heterocycles. The number of rotatable bonds is 7. The molecule has 106 valence electrons. The van der Waals surface area contributed by atoms with E-state index < -0.39 is 0 Å². The van der Waals surface area contributed by atoms with Gasteiger partial charge in [0.15, 0.2) is 0 Å². The normalized spacial score (nSPS) is 18.9. The van der Waals surface area contributed by atoms with Crippen molar-refractivity contribution in [2.45, 2.75) is 24.8 Å². The molecule has 1 aliphatic rings. The molecule has 0 bridgehead atoms. The minimum absolute atomic E-state index is 0.0684. The van der Waals surface area contributed by atoms with E-state index in [0.29, 0.717) is 19.3 Å². The van der Waals surface area contributed by atoms with Gasteiger partial charge in [-0.15, -0.1) is 11.8 Å². The molecule has 1 fully saturated rings. The standard InChI is InChI=1S/C15H23NO2S/c1-3-19-14-7-5-4-6-13(14)12(2)16-8-15(9-17)10-18-11-15/h4-7,12,16-17H,3,8-11H2,1-2H3. The van der Waals surface area contributed by atoms with Crippen LogP contribution in [0.15, 0.2) is 29.2 Å². The Bertz CT molecular complexity index is 401. The van der Waals surface area contributed by atoms with Crippen LogP contribution in [0.4, 0.5) is 0 Å². The molecule has 19 heavy (non-hydrogen) atoms. The molecule has 0 saturated carbocycles. The Labute approximate surface area is 119 Å². The Balaban J connectivity index is 1.97. The minimum atomic E-state index is -0.0684. The highest BCUT2D eigenvalue weighted by atomic mass is 32.2. The summed E-state index contributed by atoms with van der Waals surface area (Å²) in [6.07, 6.45) is 0. The summed E-state index contributed by atoms with van der Waals surface area (Å²) in [5, 5.41) is 13.0. The SMILES string of the molecule is CCSc1ccccc1C(C)NCC1(CO)COC1. The van der Waals surface area contributed by atoms with E-state index in [4.69, 9.17) is 4.74 Å². The van der Waals surface area contributed by atoms with Gasteiger partial charge >= 0.3 is 0 Å². The molecule has 1 aromatic carbocycles. The van der Waals surface area contributed by atoms with E-state index in [0.717, 1.165) is 12.3 Å². The van der Waals surface area contributed by atoms with Gasteiger partial charge < -0.3 is 15.2 Å². The fraction of sp³-hybridized carbons (Fsp3) is 0.600. The molecule has 2 N–H and O–H groups in total. The Morgan fingerprint density at radius 3 is 2.74 bits per heavy atom. The second kappa shape index (κ2) is 6.75. The fourth-order valence-corrected chi connectivity index (χ4v) is 3.14. The van der Waals surface area contributed by atoms with Crippen molar-refractivity contribution >= 4 is 11.8 Å². The highest BCUT2D eigenvalue weighted by Gasteiger charge is 2.38. The van der Waals surface area contributed by atoms with Gasteiger partial charge in [-0.05, 0) is 24.3 Å². The predicted octanol–water partition coefficient (Wildman–Crippen LogP) is 2.46. The average molecular weight is 281 g/mol. The first-order chi connectivity index (χ1) is 9.21. The molecule has 1 aromatic rings. The van der Waals surface area contributed by atoms with Crippen LogP contribution in [0.3, 0.4) is 0 Å². The first-order valence-corrected chi connectivity index (χ1v) is 7.83. The van der Waals surface area contributed by atoms with Crippen LogP contribution in [-0.4, -0.2) is 37.2 Å². The van der Waals surface area contributed by atoms with Crippen molar-refractivity contribution in [2.75, 3.05) is 32.1 Å². The van der Waals surface area contributed by atoms with Crippen molar-refractivity contribution in [3.8, 4) is 0 Å². The van der Waals surface area contributed by atoms with Crippen LogP contribution >= 0.6 is 11.8 Å². The number of hydrogen-bond donors (Lipinski definition) is 2. The molecule has 4 heteroatoms. The molecule has 1 aliphatic heterocycles. The molecule has 1 heterocycles. The molecular weight excluding hydrogens is 258 g/mol. The highest BCUT2D eigenvalue weighted by Crippen LogP contribution is 2.30. The largest absolute Gasteiger partial charge is 0.396 e. The maximum Gasteiger partial charge on any atom is 0.0579 e. The number of nitrogens with one attached hydrogen (secondary N) is 1. The maximum atomic E-state index is 9.43. The second-order valence-electron chi connectivity index (χ2n) is 5.22. The average Bonchev–Trinajstić information content (AvgIpc) is 2.39. The van der Waals surface area contributed by atoms with Crippen molar-refractivity contribution in [1.29, 1.82) is 0 Å². The Morgan fingerprint density at radius 2 is 2.16 bits per heavy atom. The summed E-state index contributed by atoms with van der Waals surface area (Å²) in [5.41, 5.74) is 1.27. The van der Waals surface area contributed by atoms with E-state index in [9.17, 15) is 5.11 Å². The number of benzene rings is 1. The third-order valence-electron chi connectivity index (χ3n) is 3.62. The molecule has 0 aliphatic carbocycles. The van der Waals surface area contributed by atoms with Crippen molar-refractivity contribution in [2.24, 2.45) is 5.41 Å². The summed E-state index contributed by atoms with van der Waals surface area (Å²) in [5.74, 6) is 1.08. The van der Waals surface area contributed by atoms with Gasteiger partial charge in [0, 0.05) is 17.5 Å². The van der Waals surface area contributed by atoms with Crippen LogP contribution in [-0.2, 0) is 4.74 Å². The molecular formula is C15H23NO2S. The topological polar surface area (TPSA) is 41.5 Å². The minimum Gasteiger partial charge on any atom is -0.396 e. The van der Waals surface area contributed by atoms with Gasteiger partial charge in [-0.25, -0.2) is 0 Å². The number of aliphatic hydroxyl groups is 1. The van der Waals surface area contributed by atoms with Crippen LogP contribution in [0.2, 0.25) is 0 Å². The van der Waals surface area contributed by atoms with E-state index in [2.05, 4.69) is 43.4 Å². The van der Waals surface area contributed by atoms with E-state index >= 15 is 0 Å².